The molecule has 1 aromatic rings. The molecule has 2 N–H and O–H groups in total. The van der Waals surface area contributed by atoms with Crippen molar-refractivity contribution in [2.24, 2.45) is 17.6 Å². The number of carbonyl (C=O) groups is 1. The van der Waals surface area contributed by atoms with Gasteiger partial charge in [0.15, 0.2) is 5.69 Å². The summed E-state index contributed by atoms with van der Waals surface area (Å²) in [5, 5.41) is 9.07. The summed E-state index contributed by atoms with van der Waals surface area (Å²) < 4.78 is 26.9. The number of nitrogens with zero attached hydrogens (tertiary/aromatic N) is 3. The number of carbonyl (C=O) groups excluding carboxylic acids is 1. The van der Waals surface area contributed by atoms with Crippen LogP contribution in [0.15, 0.2) is 23.2 Å². The van der Waals surface area contributed by atoms with Gasteiger partial charge in [0.05, 0.1) is 0 Å². The smallest absolute Gasteiger partial charge is 0.246 e. The lowest BCUT2D eigenvalue weighted by molar-refractivity contribution is -0.122. The molecule has 1 saturated carbocycles. The minimum absolute atomic E-state index is 0.0190. The van der Waals surface area contributed by atoms with Crippen molar-refractivity contribution in [2.75, 3.05) is 6.54 Å². The number of nitriles is 1. The van der Waals surface area contributed by atoms with Gasteiger partial charge < -0.3 is 5.73 Å². The van der Waals surface area contributed by atoms with Crippen LogP contribution in [-0.4, -0.2) is 36.2 Å². The first-order chi connectivity index (χ1) is 10.5. The number of sulfonamides is 1. The van der Waals surface area contributed by atoms with Gasteiger partial charge in [-0.25, -0.2) is 13.4 Å². The Hall–Kier alpha value is -1.98. The van der Waals surface area contributed by atoms with Crippen LogP contribution in [0.2, 0.25) is 0 Å². The van der Waals surface area contributed by atoms with Crippen LogP contribution in [0.3, 0.4) is 0 Å². The van der Waals surface area contributed by atoms with Crippen LogP contribution >= 0.6 is 0 Å². The van der Waals surface area contributed by atoms with Crippen LogP contribution in [0.1, 0.15) is 25.0 Å². The Bertz CT molecular complexity index is 756. The summed E-state index contributed by atoms with van der Waals surface area (Å²) in [6, 6.07) is 3.76. The average Bonchev–Trinajstić information content (AvgIpc) is 3.07. The summed E-state index contributed by atoms with van der Waals surface area (Å²) in [7, 11) is -3.97. The maximum Gasteiger partial charge on any atom is 0.246 e. The number of pyridine rings is 1. The van der Waals surface area contributed by atoms with Crippen molar-refractivity contribution >= 4 is 15.9 Å². The topological polar surface area (TPSA) is 117 Å². The van der Waals surface area contributed by atoms with E-state index in [9.17, 15) is 13.2 Å². The molecule has 1 aromatic heterocycles. The summed E-state index contributed by atoms with van der Waals surface area (Å²) in [6.07, 6.45) is 4.06. The molecule has 3 atom stereocenters. The highest BCUT2D eigenvalue weighted by atomic mass is 32.2. The second kappa shape index (κ2) is 5.34. The molecule has 1 saturated heterocycles. The quantitative estimate of drug-likeness (QED) is 0.855. The van der Waals surface area contributed by atoms with Gasteiger partial charge in [-0.1, -0.05) is 6.42 Å². The minimum Gasteiger partial charge on any atom is -0.368 e. The third-order valence-corrected chi connectivity index (χ3v) is 6.48. The van der Waals surface area contributed by atoms with Crippen molar-refractivity contribution in [3.05, 3.63) is 24.0 Å². The van der Waals surface area contributed by atoms with E-state index in [-0.39, 0.29) is 29.0 Å². The minimum atomic E-state index is -3.97. The van der Waals surface area contributed by atoms with Gasteiger partial charge in [0.1, 0.15) is 17.0 Å². The molecule has 2 aliphatic rings. The van der Waals surface area contributed by atoms with E-state index in [4.69, 9.17) is 11.0 Å². The van der Waals surface area contributed by atoms with Crippen molar-refractivity contribution in [3.8, 4) is 6.07 Å². The third kappa shape index (κ3) is 2.17. The van der Waals surface area contributed by atoms with E-state index in [1.54, 1.807) is 6.07 Å². The first-order valence-corrected chi connectivity index (χ1v) is 8.57. The van der Waals surface area contributed by atoms with E-state index in [1.165, 1.54) is 22.6 Å². The second-order valence-corrected chi connectivity index (χ2v) is 7.60. The Balaban J connectivity index is 2.05. The van der Waals surface area contributed by atoms with E-state index in [0.29, 0.717) is 0 Å². The molecular formula is C14H16N4O3S. The molecule has 1 amide bonds. The number of nitrogens with two attached hydrogens (primary N) is 1. The van der Waals surface area contributed by atoms with Crippen molar-refractivity contribution in [3.63, 3.8) is 0 Å². The number of amides is 1. The first-order valence-electron chi connectivity index (χ1n) is 7.13. The molecule has 7 nitrogen and oxygen atoms in total. The molecule has 0 radical (unpaired) electrons. The number of aromatic nitrogens is 1. The molecule has 22 heavy (non-hydrogen) atoms. The van der Waals surface area contributed by atoms with Gasteiger partial charge in [0.2, 0.25) is 15.9 Å². The fraction of sp³-hybridized carbons (Fsp3) is 0.500. The molecular weight excluding hydrogens is 304 g/mol. The molecule has 3 unspecified atom stereocenters. The number of fused-ring (bicyclic) bond motifs is 1. The van der Waals surface area contributed by atoms with Gasteiger partial charge in [0.25, 0.3) is 0 Å². The number of rotatable bonds is 3. The summed E-state index contributed by atoms with van der Waals surface area (Å²) in [6.45, 7) is 0.278. The molecule has 0 aromatic carbocycles. The van der Waals surface area contributed by atoms with E-state index in [2.05, 4.69) is 4.98 Å². The number of hydrogen-bond donors (Lipinski definition) is 1. The van der Waals surface area contributed by atoms with Gasteiger partial charge >= 0.3 is 0 Å². The van der Waals surface area contributed by atoms with E-state index < -0.39 is 22.0 Å². The maximum atomic E-state index is 12.9. The van der Waals surface area contributed by atoms with E-state index in [0.717, 1.165) is 19.3 Å². The summed E-state index contributed by atoms with van der Waals surface area (Å²) in [5.41, 5.74) is 5.30. The molecule has 8 heteroatoms. The molecule has 1 aliphatic carbocycles. The molecule has 116 valence electrons. The predicted octanol–water partition coefficient (Wildman–Crippen LogP) is 0.228. The van der Waals surface area contributed by atoms with Crippen LogP contribution in [0, 0.1) is 23.2 Å². The van der Waals surface area contributed by atoms with Gasteiger partial charge in [-0.15, -0.1) is 0 Å². The first kappa shape index (κ1) is 14.9. The molecule has 1 aliphatic heterocycles. The lowest BCUT2D eigenvalue weighted by Crippen LogP contribution is -2.46. The largest absolute Gasteiger partial charge is 0.368 e. The lowest BCUT2D eigenvalue weighted by Gasteiger charge is -2.24. The lowest BCUT2D eigenvalue weighted by atomic mass is 9.94. The summed E-state index contributed by atoms with van der Waals surface area (Å²) in [5.74, 6) is -0.482. The highest BCUT2D eigenvalue weighted by Crippen LogP contribution is 2.44. The Morgan fingerprint density at radius 1 is 1.45 bits per heavy atom. The van der Waals surface area contributed by atoms with Crippen LogP contribution < -0.4 is 5.73 Å². The van der Waals surface area contributed by atoms with Crippen LogP contribution in [0.5, 0.6) is 0 Å². The molecule has 0 bridgehead atoms. The van der Waals surface area contributed by atoms with Crippen molar-refractivity contribution < 1.29 is 13.2 Å². The molecule has 2 heterocycles. The highest BCUT2D eigenvalue weighted by Gasteiger charge is 2.51. The zero-order valence-electron chi connectivity index (χ0n) is 11.8. The summed E-state index contributed by atoms with van der Waals surface area (Å²) in [4.78, 5) is 15.5. The Labute approximate surface area is 128 Å². The second-order valence-electron chi connectivity index (χ2n) is 5.74. The van der Waals surface area contributed by atoms with E-state index >= 15 is 0 Å². The standard InChI is InChI=1S/C14H16N4O3S/c15-7-11-12(5-2-6-17-11)22(20,21)18-8-9-3-1-4-10(9)13(18)14(16)19/h2,5-6,9-10,13H,1,3-4,8H2,(H2,16,19). The zero-order valence-corrected chi connectivity index (χ0v) is 12.7. The van der Waals surface area contributed by atoms with Crippen molar-refractivity contribution in [1.29, 1.82) is 5.26 Å². The van der Waals surface area contributed by atoms with Gasteiger partial charge in [-0.3, -0.25) is 4.79 Å². The maximum absolute atomic E-state index is 12.9. The van der Waals surface area contributed by atoms with Crippen LogP contribution in [-0.2, 0) is 14.8 Å². The molecule has 3 rings (SSSR count). The Kier molecular flexibility index (Phi) is 3.62. The van der Waals surface area contributed by atoms with Crippen LogP contribution in [0.4, 0.5) is 0 Å². The molecule has 0 spiro atoms. The van der Waals surface area contributed by atoms with Gasteiger partial charge in [-0.2, -0.15) is 9.57 Å². The van der Waals surface area contributed by atoms with Gasteiger partial charge in [-0.05, 0) is 36.8 Å². The van der Waals surface area contributed by atoms with Crippen molar-refractivity contribution in [1.82, 2.24) is 9.29 Å². The van der Waals surface area contributed by atoms with E-state index in [1.807, 2.05) is 0 Å². The number of primary amides is 1. The number of hydrogen-bond acceptors (Lipinski definition) is 5. The molecule has 2 fully saturated rings. The van der Waals surface area contributed by atoms with Gasteiger partial charge in [0, 0.05) is 12.7 Å². The van der Waals surface area contributed by atoms with Crippen molar-refractivity contribution in [2.45, 2.75) is 30.2 Å². The SMILES string of the molecule is N#Cc1ncccc1S(=O)(=O)N1CC2CCCC2C1C(N)=O. The fourth-order valence-corrected chi connectivity index (χ4v) is 5.47. The Morgan fingerprint density at radius 3 is 2.91 bits per heavy atom. The fourth-order valence-electron chi connectivity index (χ4n) is 3.68. The normalized spacial score (nSPS) is 28.2. The highest BCUT2D eigenvalue weighted by molar-refractivity contribution is 7.89. The zero-order chi connectivity index (χ0) is 15.9. The third-order valence-electron chi connectivity index (χ3n) is 4.60. The summed E-state index contributed by atoms with van der Waals surface area (Å²) >= 11 is 0. The van der Waals surface area contributed by atoms with Crippen LogP contribution in [0.25, 0.3) is 0 Å². The monoisotopic (exact) mass is 320 g/mol. The average molecular weight is 320 g/mol. The Morgan fingerprint density at radius 2 is 2.23 bits per heavy atom. The predicted molar refractivity (Wildman–Crippen MR) is 76.7 cm³/mol.